The summed E-state index contributed by atoms with van der Waals surface area (Å²) >= 11 is 7.94. The Bertz CT molecular complexity index is 1420. The molecule has 2 aromatic carbocycles. The Morgan fingerprint density at radius 3 is 2.81 bits per heavy atom. The van der Waals surface area contributed by atoms with Gasteiger partial charge in [0.1, 0.15) is 5.75 Å². The summed E-state index contributed by atoms with van der Waals surface area (Å²) in [4.78, 5) is 26.8. The van der Waals surface area contributed by atoms with Gasteiger partial charge in [0.25, 0.3) is 5.91 Å². The lowest BCUT2D eigenvalue weighted by Gasteiger charge is -2.09. The van der Waals surface area contributed by atoms with Crippen molar-refractivity contribution in [2.45, 2.75) is 6.42 Å². The Labute approximate surface area is 192 Å². The van der Waals surface area contributed by atoms with Crippen LogP contribution >= 0.6 is 22.9 Å². The van der Waals surface area contributed by atoms with Gasteiger partial charge in [-0.05, 0) is 42.0 Å². The molecule has 1 N–H and O–H groups in total. The molecule has 0 unspecified atom stereocenters. The molecular formula is C23H19ClN4O3S. The van der Waals surface area contributed by atoms with Crippen molar-refractivity contribution >= 4 is 28.8 Å². The highest BCUT2D eigenvalue weighted by molar-refractivity contribution is 7.19. The van der Waals surface area contributed by atoms with Crippen molar-refractivity contribution in [2.24, 2.45) is 7.05 Å². The fraction of sp³-hybridized carbons (Fsp3) is 0.174. The number of aromatic nitrogens is 3. The highest BCUT2D eigenvalue weighted by atomic mass is 35.5. The number of fused-ring (bicyclic) bond motifs is 3. The van der Waals surface area contributed by atoms with E-state index in [1.165, 1.54) is 4.68 Å². The molecule has 32 heavy (non-hydrogen) atoms. The number of amides is 1. The van der Waals surface area contributed by atoms with Crippen molar-refractivity contribution in [3.8, 4) is 32.6 Å². The lowest BCUT2D eigenvalue weighted by atomic mass is 10.1. The van der Waals surface area contributed by atoms with E-state index in [2.05, 4.69) is 16.5 Å². The first-order valence-corrected chi connectivity index (χ1v) is 11.2. The van der Waals surface area contributed by atoms with Gasteiger partial charge < -0.3 is 10.1 Å². The quantitative estimate of drug-likeness (QED) is 0.496. The maximum atomic E-state index is 12.9. The molecule has 0 radical (unpaired) electrons. The van der Waals surface area contributed by atoms with Crippen molar-refractivity contribution < 1.29 is 9.53 Å². The minimum Gasteiger partial charge on any atom is -0.493 e. The average molecular weight is 467 g/mol. The number of nitrogens with one attached hydrogen (secondary N) is 1. The van der Waals surface area contributed by atoms with Gasteiger partial charge in [-0.15, -0.1) is 16.4 Å². The highest BCUT2D eigenvalue weighted by Gasteiger charge is 2.24. The van der Waals surface area contributed by atoms with Crippen LogP contribution in [0.1, 0.15) is 15.9 Å². The monoisotopic (exact) mass is 466 g/mol. The maximum absolute atomic E-state index is 12.9. The standard InChI is InChI=1S/C23H19ClN4O3S/c1-25-22(29)14-7-8-15-18(11-14)31-10-9-13-12-19(32-20(13)15)21-26-27(2)23(30)28(21)17-6-4-3-5-16(17)24/h3-8,11-12H,9-10H2,1-2H3,(H,25,29). The molecule has 9 heteroatoms. The van der Waals surface area contributed by atoms with Gasteiger partial charge in [0, 0.05) is 36.5 Å². The first-order valence-electron chi connectivity index (χ1n) is 10.0. The van der Waals surface area contributed by atoms with Crippen LogP contribution in [0.5, 0.6) is 5.75 Å². The minimum atomic E-state index is -0.268. The van der Waals surface area contributed by atoms with Crippen LogP contribution in [0.25, 0.3) is 26.8 Å². The normalized spacial score (nSPS) is 12.5. The molecule has 1 aliphatic heterocycles. The van der Waals surface area contributed by atoms with Crippen LogP contribution in [0.15, 0.2) is 53.3 Å². The Morgan fingerprint density at radius 1 is 1.22 bits per heavy atom. The van der Waals surface area contributed by atoms with E-state index < -0.39 is 0 Å². The van der Waals surface area contributed by atoms with Crippen molar-refractivity contribution in [3.05, 3.63) is 75.2 Å². The van der Waals surface area contributed by atoms with E-state index in [1.807, 2.05) is 18.2 Å². The SMILES string of the molecule is CNC(=O)c1ccc2c(c1)OCCc1cc(-c3nn(C)c(=O)n3-c3ccccc3Cl)sc1-2. The first-order chi connectivity index (χ1) is 15.5. The van der Waals surface area contributed by atoms with Crippen LogP contribution in [0.4, 0.5) is 0 Å². The van der Waals surface area contributed by atoms with Crippen LogP contribution in [0.3, 0.4) is 0 Å². The van der Waals surface area contributed by atoms with E-state index in [4.69, 9.17) is 16.3 Å². The smallest absolute Gasteiger partial charge is 0.350 e. The summed E-state index contributed by atoms with van der Waals surface area (Å²) in [7, 11) is 3.23. The summed E-state index contributed by atoms with van der Waals surface area (Å²) < 4.78 is 8.79. The molecule has 7 nitrogen and oxygen atoms in total. The Kier molecular flexibility index (Phi) is 5.11. The molecule has 3 heterocycles. The molecule has 0 saturated heterocycles. The molecule has 162 valence electrons. The number of carbonyl (C=O) groups is 1. The van der Waals surface area contributed by atoms with Crippen molar-refractivity contribution in [1.29, 1.82) is 0 Å². The van der Waals surface area contributed by atoms with Crippen molar-refractivity contribution in [2.75, 3.05) is 13.7 Å². The fourth-order valence-electron chi connectivity index (χ4n) is 3.81. The number of ether oxygens (including phenoxy) is 1. The molecule has 4 aromatic rings. The molecule has 1 amide bonds. The maximum Gasteiger partial charge on any atom is 0.350 e. The van der Waals surface area contributed by atoms with Crippen molar-refractivity contribution in [3.63, 3.8) is 0 Å². The number of nitrogens with zero attached hydrogens (tertiary/aromatic N) is 3. The summed E-state index contributed by atoms with van der Waals surface area (Å²) in [5.41, 5.74) is 2.90. The number of carbonyl (C=O) groups excluding carboxylic acids is 1. The predicted molar refractivity (Wildman–Crippen MR) is 125 cm³/mol. The zero-order valence-electron chi connectivity index (χ0n) is 17.4. The molecular weight excluding hydrogens is 448 g/mol. The number of rotatable bonds is 3. The third kappa shape index (κ3) is 3.32. The Hall–Kier alpha value is -3.36. The fourth-order valence-corrected chi connectivity index (χ4v) is 5.25. The van der Waals surface area contributed by atoms with Gasteiger partial charge in [-0.25, -0.2) is 14.0 Å². The van der Waals surface area contributed by atoms with E-state index in [1.54, 1.807) is 54.3 Å². The highest BCUT2D eigenvalue weighted by Crippen LogP contribution is 2.44. The lowest BCUT2D eigenvalue weighted by molar-refractivity contribution is 0.0962. The summed E-state index contributed by atoms with van der Waals surface area (Å²) in [5, 5.41) is 7.62. The van der Waals surface area contributed by atoms with Gasteiger partial charge in [-0.2, -0.15) is 0 Å². The lowest BCUT2D eigenvalue weighted by Crippen LogP contribution is -2.21. The van der Waals surface area contributed by atoms with Gasteiger partial charge in [0.15, 0.2) is 5.82 Å². The summed E-state index contributed by atoms with van der Waals surface area (Å²) in [5.74, 6) is 1.04. The first kappa shape index (κ1) is 20.5. The van der Waals surface area contributed by atoms with E-state index in [0.717, 1.165) is 20.9 Å². The van der Waals surface area contributed by atoms with Crippen LogP contribution in [-0.2, 0) is 13.5 Å². The largest absolute Gasteiger partial charge is 0.493 e. The predicted octanol–water partition coefficient (Wildman–Crippen LogP) is 3.91. The number of thiophene rings is 1. The average Bonchev–Trinajstić information content (AvgIpc) is 3.29. The molecule has 1 aliphatic rings. The molecule has 2 aromatic heterocycles. The van der Waals surface area contributed by atoms with Crippen LogP contribution in [0, 0.1) is 0 Å². The summed E-state index contributed by atoms with van der Waals surface area (Å²) in [6.07, 6.45) is 0.707. The zero-order chi connectivity index (χ0) is 22.4. The molecule has 0 aliphatic carbocycles. The Morgan fingerprint density at radius 2 is 2.03 bits per heavy atom. The van der Waals surface area contributed by atoms with Gasteiger partial charge in [-0.3, -0.25) is 4.79 Å². The van der Waals surface area contributed by atoms with Crippen LogP contribution < -0.4 is 15.7 Å². The van der Waals surface area contributed by atoms with Gasteiger partial charge in [0.05, 0.1) is 22.2 Å². The molecule has 0 fully saturated rings. The third-order valence-corrected chi connectivity index (χ3v) is 6.92. The number of benzene rings is 2. The second kappa shape index (κ2) is 7.96. The van der Waals surface area contributed by atoms with E-state index >= 15 is 0 Å². The van der Waals surface area contributed by atoms with Crippen LogP contribution in [-0.4, -0.2) is 33.9 Å². The van der Waals surface area contributed by atoms with Gasteiger partial charge in [-0.1, -0.05) is 23.7 Å². The van der Waals surface area contributed by atoms with E-state index in [9.17, 15) is 9.59 Å². The second-order valence-corrected chi connectivity index (χ2v) is 8.83. The third-order valence-electron chi connectivity index (χ3n) is 5.39. The van der Waals surface area contributed by atoms with Crippen molar-refractivity contribution in [1.82, 2.24) is 19.7 Å². The Balaban J connectivity index is 1.67. The topological polar surface area (TPSA) is 78.2 Å². The summed E-state index contributed by atoms with van der Waals surface area (Å²) in [6, 6.07) is 14.7. The van der Waals surface area contributed by atoms with Crippen LogP contribution in [0.2, 0.25) is 5.02 Å². The van der Waals surface area contributed by atoms with E-state index in [0.29, 0.717) is 40.9 Å². The van der Waals surface area contributed by atoms with Gasteiger partial charge >= 0.3 is 5.69 Å². The number of hydrogen-bond acceptors (Lipinski definition) is 5. The molecule has 0 atom stereocenters. The number of para-hydroxylation sites is 1. The van der Waals surface area contributed by atoms with Gasteiger partial charge in [0.2, 0.25) is 0 Å². The molecule has 5 rings (SSSR count). The number of hydrogen-bond donors (Lipinski definition) is 1. The number of aryl methyl sites for hydroxylation is 1. The second-order valence-electron chi connectivity index (χ2n) is 7.37. The molecule has 0 saturated carbocycles. The van der Waals surface area contributed by atoms with E-state index in [-0.39, 0.29) is 11.6 Å². The summed E-state index contributed by atoms with van der Waals surface area (Å²) in [6.45, 7) is 0.493. The minimum absolute atomic E-state index is 0.162. The zero-order valence-corrected chi connectivity index (χ0v) is 19.0. The molecule has 0 spiro atoms. The molecule has 0 bridgehead atoms. The number of halogens is 1.